The molecule has 179 valence electrons. The van der Waals surface area contributed by atoms with Crippen molar-refractivity contribution >= 4 is 58.0 Å². The van der Waals surface area contributed by atoms with Crippen LogP contribution in [0.1, 0.15) is 32.4 Å². The van der Waals surface area contributed by atoms with Gasteiger partial charge in [0.05, 0.1) is 36.2 Å². The van der Waals surface area contributed by atoms with Crippen LogP contribution in [0.3, 0.4) is 0 Å². The molecular weight excluding hydrogens is 551 g/mol. The Morgan fingerprint density at radius 3 is 1.68 bits per heavy atom. The van der Waals surface area contributed by atoms with Gasteiger partial charge >= 0.3 is 17.1 Å². The number of hydrogen-bond acceptors (Lipinski definition) is 6. The van der Waals surface area contributed by atoms with Crippen LogP contribution < -0.4 is 0 Å². The summed E-state index contributed by atoms with van der Waals surface area (Å²) >= 11 is 16.7. The van der Waals surface area contributed by atoms with Crippen molar-refractivity contribution < 1.29 is 19.8 Å². The summed E-state index contributed by atoms with van der Waals surface area (Å²) < 4.78 is 12.3. The Hall–Kier alpha value is -1.89. The predicted octanol–water partition coefficient (Wildman–Crippen LogP) is 6.02. The van der Waals surface area contributed by atoms with Crippen molar-refractivity contribution in [3.8, 4) is 0 Å². The van der Waals surface area contributed by atoms with Gasteiger partial charge in [-0.25, -0.2) is 0 Å². The van der Waals surface area contributed by atoms with E-state index in [1.165, 1.54) is 10.3 Å². The summed E-state index contributed by atoms with van der Waals surface area (Å²) in [4.78, 5) is 16.2. The molecule has 11 heteroatoms. The van der Waals surface area contributed by atoms with Crippen molar-refractivity contribution in [1.82, 2.24) is 19.9 Å². The number of thiocarbonyl (C=S) groups is 2. The van der Waals surface area contributed by atoms with Crippen molar-refractivity contribution in [3.05, 3.63) is 101 Å². The molecule has 0 amide bonds. The van der Waals surface area contributed by atoms with Gasteiger partial charge in [-0.2, -0.15) is 10.3 Å². The Labute approximate surface area is 235 Å². The molecule has 0 saturated carbocycles. The standard InChI is InChI=1S/C20H22N4.CH2Cl2.2CNS.Fe/c1-20(17-10-4-6-13-21-17,18-11-5-7-14-22-18)19-12-8-9-16(23-19)15-24(2)3;3*2-1-3;/h4-14H,15H2,1-3H3;1H2;;;/q;;2*-1;+3/i;1D2;;;. The summed E-state index contributed by atoms with van der Waals surface area (Å²) in [7, 11) is 4.09. The van der Waals surface area contributed by atoms with Gasteiger partial charge in [0.2, 0.25) is 0 Å². The zero-order valence-corrected chi connectivity index (χ0v) is 22.9. The molecule has 34 heavy (non-hydrogen) atoms. The van der Waals surface area contributed by atoms with E-state index in [4.69, 9.17) is 18.5 Å². The van der Waals surface area contributed by atoms with E-state index in [2.05, 4.69) is 87.6 Å². The molecule has 0 aliphatic carbocycles. The SMILES string of the molecule is CN(C)Cc1cccc(C(C)(c2ccccn2)c2ccccn2)n1.[2H]C([2H])(Cl)Cl.[Fe+3].[N-]=C=S.[N-]=C=S. The van der Waals surface area contributed by atoms with E-state index in [0.29, 0.717) is 0 Å². The number of isothiocyanates is 2. The normalized spacial score (nSPS) is 10.5. The van der Waals surface area contributed by atoms with E-state index in [-0.39, 0.29) is 17.1 Å². The largest absolute Gasteiger partial charge is 3.00 e. The van der Waals surface area contributed by atoms with Crippen LogP contribution in [0, 0.1) is 0 Å². The molecule has 6 nitrogen and oxygen atoms in total. The van der Waals surface area contributed by atoms with E-state index in [9.17, 15) is 0 Å². The van der Waals surface area contributed by atoms with Crippen LogP contribution in [-0.2, 0) is 29.0 Å². The minimum atomic E-state index is -2.06. The van der Waals surface area contributed by atoms with Crippen LogP contribution in [0.15, 0.2) is 67.0 Å². The Morgan fingerprint density at radius 2 is 1.32 bits per heavy atom. The molecule has 0 N–H and O–H groups in total. The quantitative estimate of drug-likeness (QED) is 0.160. The third-order valence-electron chi connectivity index (χ3n) is 4.15. The van der Waals surface area contributed by atoms with Crippen LogP contribution in [0.25, 0.3) is 10.8 Å². The van der Waals surface area contributed by atoms with Gasteiger partial charge in [0.25, 0.3) is 0 Å². The van der Waals surface area contributed by atoms with Crippen molar-refractivity contribution in [3.63, 3.8) is 0 Å². The molecule has 0 unspecified atom stereocenters. The second-order valence-corrected chi connectivity index (χ2v) is 7.50. The van der Waals surface area contributed by atoms with Crippen LogP contribution in [0.2, 0.25) is 0 Å². The molecule has 0 fully saturated rings. The van der Waals surface area contributed by atoms with E-state index in [1.54, 1.807) is 0 Å². The zero-order valence-electron chi connectivity index (χ0n) is 20.7. The van der Waals surface area contributed by atoms with Crippen molar-refractivity contribution in [2.75, 3.05) is 19.4 Å². The van der Waals surface area contributed by atoms with Gasteiger partial charge in [0, 0.05) is 18.9 Å². The molecule has 0 aliphatic heterocycles. The molecule has 0 bridgehead atoms. The Morgan fingerprint density at radius 1 is 0.912 bits per heavy atom. The summed E-state index contributed by atoms with van der Waals surface area (Å²) in [5.41, 5.74) is 3.39. The Bertz CT molecular complexity index is 1020. The average molecular weight is 577 g/mol. The molecule has 0 atom stereocenters. The van der Waals surface area contributed by atoms with Crippen LogP contribution in [0.4, 0.5) is 0 Å². The Balaban J connectivity index is 0. The first-order valence-corrected chi connectivity index (χ1v) is 10.9. The van der Waals surface area contributed by atoms with E-state index in [0.717, 1.165) is 29.3 Å². The van der Waals surface area contributed by atoms with Crippen LogP contribution in [0.5, 0.6) is 0 Å². The Kier molecular flexibility index (Phi) is 18.2. The number of alkyl halides is 2. The zero-order chi connectivity index (χ0) is 26.9. The van der Waals surface area contributed by atoms with Crippen LogP contribution >= 0.6 is 47.6 Å². The number of halogens is 2. The number of hydrogen-bond donors (Lipinski definition) is 0. The molecule has 3 aromatic heterocycles. The summed E-state index contributed by atoms with van der Waals surface area (Å²) in [5.74, 6) is 0. The second kappa shape index (κ2) is 20.5. The monoisotopic (exact) mass is 576 g/mol. The third kappa shape index (κ3) is 12.0. The molecule has 3 rings (SSSR count). The molecule has 0 aliphatic rings. The number of aromatic nitrogens is 3. The van der Waals surface area contributed by atoms with Gasteiger partial charge in [-0.15, -0.1) is 23.2 Å². The first-order chi connectivity index (χ1) is 16.4. The molecule has 3 heterocycles. The number of pyridine rings is 3. The predicted molar refractivity (Wildman–Crippen MR) is 144 cm³/mol. The van der Waals surface area contributed by atoms with Gasteiger partial charge in [0.1, 0.15) is 0 Å². The minimum Gasteiger partial charge on any atom is -0.753 e. The summed E-state index contributed by atoms with van der Waals surface area (Å²) in [5, 5.41) is 14.9. The van der Waals surface area contributed by atoms with Crippen molar-refractivity contribution in [2.45, 2.75) is 18.9 Å². The van der Waals surface area contributed by atoms with E-state index < -0.39 is 10.7 Å². The van der Waals surface area contributed by atoms with Crippen molar-refractivity contribution in [1.29, 1.82) is 0 Å². The van der Waals surface area contributed by atoms with Crippen molar-refractivity contribution in [2.24, 2.45) is 0 Å². The van der Waals surface area contributed by atoms with Gasteiger partial charge < -0.3 is 15.7 Å². The molecule has 3 aromatic rings. The molecule has 0 aromatic carbocycles. The number of rotatable bonds is 5. The molecule has 1 radical (unpaired) electrons. The van der Waals surface area contributed by atoms with Gasteiger partial charge in [-0.05, 0) is 57.4 Å². The first-order valence-electron chi connectivity index (χ1n) is 10.3. The fraction of sp³-hybridized carbons (Fsp3) is 0.261. The van der Waals surface area contributed by atoms with Gasteiger partial charge in [-0.3, -0.25) is 15.0 Å². The molecule has 0 saturated heterocycles. The fourth-order valence-electron chi connectivity index (χ4n) is 2.88. The van der Waals surface area contributed by atoms with Gasteiger partial charge in [-0.1, -0.05) is 42.6 Å². The van der Waals surface area contributed by atoms with E-state index >= 15 is 0 Å². The molecular formula is C23H24Cl2FeN6S2+. The van der Waals surface area contributed by atoms with E-state index in [1.807, 2.05) is 62.9 Å². The fourth-order valence-corrected chi connectivity index (χ4v) is 2.88. The number of nitrogens with zero attached hydrogens (tertiary/aromatic N) is 6. The topological polar surface area (TPSA) is 86.5 Å². The summed E-state index contributed by atoms with van der Waals surface area (Å²) in [6, 6.07) is 18.1. The maximum Gasteiger partial charge on any atom is 3.00 e. The first kappa shape index (κ1) is 30.1. The molecule has 0 spiro atoms. The van der Waals surface area contributed by atoms with Crippen LogP contribution in [-0.4, -0.2) is 49.6 Å². The summed E-state index contributed by atoms with van der Waals surface area (Å²) in [6.07, 6.45) is 3.64. The summed E-state index contributed by atoms with van der Waals surface area (Å²) in [6.45, 7) is 2.94. The third-order valence-corrected chi connectivity index (χ3v) is 4.15. The maximum atomic E-state index is 7.13. The average Bonchev–Trinajstić information content (AvgIpc) is 2.79. The second-order valence-electron chi connectivity index (χ2n) is 6.56. The smallest absolute Gasteiger partial charge is 0.753 e. The maximum absolute atomic E-state index is 7.13. The van der Waals surface area contributed by atoms with Gasteiger partial charge in [0.15, 0.2) is 0 Å². The minimum absolute atomic E-state index is 0.